The van der Waals surface area contributed by atoms with Crippen LogP contribution >= 0.6 is 0 Å². The third-order valence-corrected chi connectivity index (χ3v) is 16.1. The van der Waals surface area contributed by atoms with Gasteiger partial charge in [-0.3, -0.25) is 9.59 Å². The minimum atomic E-state index is 0.263. The molecule has 0 radical (unpaired) electrons. The number of ketones is 2. The fourth-order valence-corrected chi connectivity index (χ4v) is 13.7. The van der Waals surface area contributed by atoms with Crippen LogP contribution in [0.15, 0.2) is 23.3 Å². The SMILES string of the molecule is C[C@]12CCC(=O)C=C1CCC1C2CC[C@@]2(C)C1CC[C@@H]2O[C@H]1CCC2C3CCC4=CC(=O)CC[C@]4(C)C3CC[C@@]21C. The average Bonchev–Trinajstić information content (AvgIpc) is 3.46. The number of hydrogen-bond donors (Lipinski definition) is 0. The Hall–Kier alpha value is -1.22. The summed E-state index contributed by atoms with van der Waals surface area (Å²) in [6.07, 6.45) is 24.0. The quantitative estimate of drug-likeness (QED) is 0.340. The van der Waals surface area contributed by atoms with E-state index < -0.39 is 0 Å². The molecule has 8 aliphatic rings. The Labute approximate surface area is 248 Å². The lowest BCUT2D eigenvalue weighted by molar-refractivity contribution is -0.157. The van der Waals surface area contributed by atoms with E-state index in [1.165, 1.54) is 75.4 Å². The van der Waals surface area contributed by atoms with Gasteiger partial charge in [0.1, 0.15) is 0 Å². The molecule has 0 heterocycles. The summed E-state index contributed by atoms with van der Waals surface area (Å²) in [4.78, 5) is 24.5. The Balaban J connectivity index is 0.994. The number of fused-ring (bicyclic) bond motifs is 10. The van der Waals surface area contributed by atoms with Crippen molar-refractivity contribution >= 4 is 11.6 Å². The molecule has 8 aliphatic carbocycles. The van der Waals surface area contributed by atoms with Crippen molar-refractivity contribution in [2.75, 3.05) is 0 Å². The Morgan fingerprint density at radius 2 is 0.976 bits per heavy atom. The molecule has 6 unspecified atom stereocenters. The predicted molar refractivity (Wildman–Crippen MR) is 162 cm³/mol. The number of rotatable bonds is 2. The van der Waals surface area contributed by atoms with Crippen LogP contribution in [0.1, 0.15) is 130 Å². The van der Waals surface area contributed by atoms with E-state index in [1.807, 2.05) is 0 Å². The lowest BCUT2D eigenvalue weighted by Gasteiger charge is -2.59. The zero-order valence-corrected chi connectivity index (χ0v) is 26.3. The molecule has 0 aromatic heterocycles. The van der Waals surface area contributed by atoms with Gasteiger partial charge in [-0.2, -0.15) is 0 Å². The molecule has 8 rings (SSSR count). The van der Waals surface area contributed by atoms with Crippen LogP contribution < -0.4 is 0 Å². The summed E-state index contributed by atoms with van der Waals surface area (Å²) < 4.78 is 7.46. The molecule has 0 bridgehead atoms. The van der Waals surface area contributed by atoms with E-state index in [0.29, 0.717) is 34.6 Å². The number of ether oxygens (including phenoxy) is 1. The fraction of sp³-hybridized carbons (Fsp3) is 0.842. The molecular weight excluding hydrogens is 504 g/mol. The van der Waals surface area contributed by atoms with Crippen molar-refractivity contribution in [2.45, 2.75) is 143 Å². The van der Waals surface area contributed by atoms with Crippen molar-refractivity contribution in [2.24, 2.45) is 57.2 Å². The topological polar surface area (TPSA) is 43.4 Å². The third kappa shape index (κ3) is 3.72. The highest BCUT2D eigenvalue weighted by atomic mass is 16.5. The van der Waals surface area contributed by atoms with Crippen LogP contribution in [0, 0.1) is 57.2 Å². The fourth-order valence-electron chi connectivity index (χ4n) is 13.7. The van der Waals surface area contributed by atoms with Gasteiger partial charge in [0, 0.05) is 12.8 Å². The van der Waals surface area contributed by atoms with Crippen molar-refractivity contribution in [1.82, 2.24) is 0 Å². The zero-order chi connectivity index (χ0) is 28.4. The summed E-state index contributed by atoms with van der Waals surface area (Å²) in [5.41, 5.74) is 4.15. The van der Waals surface area contributed by atoms with Gasteiger partial charge in [-0.1, -0.05) is 38.8 Å². The lowest BCUT2D eigenvalue weighted by Crippen LogP contribution is -2.53. The van der Waals surface area contributed by atoms with Gasteiger partial charge >= 0.3 is 0 Å². The molecule has 0 amide bonds. The van der Waals surface area contributed by atoms with Gasteiger partial charge < -0.3 is 4.74 Å². The first kappa shape index (κ1) is 27.3. The normalized spacial score (nSPS) is 54.1. The van der Waals surface area contributed by atoms with Crippen LogP contribution in [-0.2, 0) is 14.3 Å². The summed E-state index contributed by atoms with van der Waals surface area (Å²) in [6, 6.07) is 0. The van der Waals surface area contributed by atoms with Gasteiger partial charge in [0.2, 0.25) is 0 Å². The Morgan fingerprint density at radius 1 is 0.537 bits per heavy atom. The van der Waals surface area contributed by atoms with E-state index in [0.717, 1.165) is 74.0 Å². The maximum atomic E-state index is 12.2. The Kier molecular flexibility index (Phi) is 6.10. The standard InChI is InChI=1S/C38H54O3/c1-35-17-13-25(39)21-23(35)5-7-27-29-9-11-33(37(29,3)19-15-31(27)35)41-34-12-10-30-28-8-6-24-22-26(40)14-18-36(24,2)32(28)16-20-38(30,34)4/h21-22,27-34H,5-20H2,1-4H3/t27?,28?,29?,30?,31?,32?,33-,34-,35-,36-,37-,38-/m0/s1. The van der Waals surface area contributed by atoms with E-state index in [9.17, 15) is 9.59 Å². The number of allylic oxidation sites excluding steroid dienone is 2. The van der Waals surface area contributed by atoms with Gasteiger partial charge in [0.05, 0.1) is 12.2 Å². The second-order valence-corrected chi connectivity index (χ2v) is 17.3. The lowest BCUT2D eigenvalue weighted by atomic mass is 9.47. The van der Waals surface area contributed by atoms with Gasteiger partial charge in [-0.05, 0) is 159 Å². The minimum Gasteiger partial charge on any atom is -0.374 e. The first-order chi connectivity index (χ1) is 19.6. The first-order valence-electron chi connectivity index (χ1n) is 17.7. The van der Waals surface area contributed by atoms with E-state index in [1.54, 1.807) is 0 Å². The smallest absolute Gasteiger partial charge is 0.155 e. The van der Waals surface area contributed by atoms with Crippen molar-refractivity contribution in [3.63, 3.8) is 0 Å². The molecule has 6 saturated carbocycles. The highest BCUT2D eigenvalue weighted by molar-refractivity contribution is 5.92. The molecule has 0 aromatic carbocycles. The largest absolute Gasteiger partial charge is 0.374 e. The summed E-state index contributed by atoms with van der Waals surface area (Å²) in [5, 5.41) is 0. The number of hydrogen-bond acceptors (Lipinski definition) is 3. The molecule has 6 fully saturated rings. The molecule has 41 heavy (non-hydrogen) atoms. The van der Waals surface area contributed by atoms with E-state index in [4.69, 9.17) is 4.74 Å². The third-order valence-electron chi connectivity index (χ3n) is 16.1. The molecule has 224 valence electrons. The van der Waals surface area contributed by atoms with Gasteiger partial charge in [-0.25, -0.2) is 0 Å². The van der Waals surface area contributed by atoms with Crippen molar-refractivity contribution in [1.29, 1.82) is 0 Å². The molecule has 0 saturated heterocycles. The summed E-state index contributed by atoms with van der Waals surface area (Å²) in [7, 11) is 0. The molecule has 3 heteroatoms. The summed E-state index contributed by atoms with van der Waals surface area (Å²) >= 11 is 0. The maximum Gasteiger partial charge on any atom is 0.155 e. The second kappa shape index (κ2) is 9.15. The van der Waals surface area contributed by atoms with Gasteiger partial charge in [0.15, 0.2) is 11.6 Å². The average molecular weight is 559 g/mol. The summed E-state index contributed by atoms with van der Waals surface area (Å²) in [6.45, 7) is 10.3. The zero-order valence-electron chi connectivity index (χ0n) is 26.3. The Bertz CT molecular complexity index is 1120. The van der Waals surface area contributed by atoms with Crippen LogP contribution in [0.25, 0.3) is 0 Å². The van der Waals surface area contributed by atoms with Gasteiger partial charge in [0.25, 0.3) is 0 Å². The molecule has 0 aliphatic heterocycles. The molecule has 3 nitrogen and oxygen atoms in total. The van der Waals surface area contributed by atoms with Crippen LogP contribution in [0.5, 0.6) is 0 Å². The van der Waals surface area contributed by atoms with E-state index >= 15 is 0 Å². The Morgan fingerprint density at radius 3 is 1.41 bits per heavy atom. The highest BCUT2D eigenvalue weighted by Gasteiger charge is 2.63. The van der Waals surface area contributed by atoms with Crippen molar-refractivity contribution in [3.8, 4) is 0 Å². The minimum absolute atomic E-state index is 0.263. The molecular formula is C38H54O3. The molecule has 12 atom stereocenters. The second-order valence-electron chi connectivity index (χ2n) is 17.3. The van der Waals surface area contributed by atoms with Crippen molar-refractivity contribution in [3.05, 3.63) is 23.3 Å². The van der Waals surface area contributed by atoms with Crippen LogP contribution in [0.3, 0.4) is 0 Å². The monoisotopic (exact) mass is 558 g/mol. The summed E-state index contributed by atoms with van der Waals surface area (Å²) in [5.74, 6) is 5.48. The molecule has 0 N–H and O–H groups in total. The predicted octanol–water partition coefficient (Wildman–Crippen LogP) is 8.80. The van der Waals surface area contributed by atoms with E-state index in [-0.39, 0.29) is 10.8 Å². The molecule has 0 spiro atoms. The first-order valence-corrected chi connectivity index (χ1v) is 17.7. The number of carbonyl (C=O) groups is 2. The van der Waals surface area contributed by atoms with E-state index in [2.05, 4.69) is 39.8 Å². The van der Waals surface area contributed by atoms with Crippen molar-refractivity contribution < 1.29 is 14.3 Å². The van der Waals surface area contributed by atoms with Crippen LogP contribution in [0.2, 0.25) is 0 Å². The maximum absolute atomic E-state index is 12.2. The van der Waals surface area contributed by atoms with Gasteiger partial charge in [-0.15, -0.1) is 0 Å². The van der Waals surface area contributed by atoms with Crippen LogP contribution in [-0.4, -0.2) is 23.8 Å². The number of carbonyl (C=O) groups excluding carboxylic acids is 2. The highest BCUT2D eigenvalue weighted by Crippen LogP contribution is 2.68. The molecule has 0 aromatic rings. The van der Waals surface area contributed by atoms with Crippen LogP contribution in [0.4, 0.5) is 0 Å².